The van der Waals surface area contributed by atoms with Gasteiger partial charge in [-0.3, -0.25) is 0 Å². The van der Waals surface area contributed by atoms with Gasteiger partial charge in [0.1, 0.15) is 10.1 Å². The molecule has 3 nitrogen and oxygen atoms in total. The van der Waals surface area contributed by atoms with Crippen molar-refractivity contribution in [3.8, 4) is 0 Å². The van der Waals surface area contributed by atoms with Crippen molar-refractivity contribution in [1.29, 1.82) is 0 Å². The van der Waals surface area contributed by atoms with E-state index in [-0.39, 0.29) is 34.5 Å². The Balaban J connectivity index is 0.00000529. The Morgan fingerprint density at radius 1 is 0.833 bits per heavy atom. The maximum Gasteiger partial charge on any atom is 1.00 e. The Morgan fingerprint density at radius 2 is 1.33 bits per heavy atom. The summed E-state index contributed by atoms with van der Waals surface area (Å²) in [6, 6.07) is 6.43. The number of benzene rings is 1. The quantitative estimate of drug-likeness (QED) is 0.308. The Labute approximate surface area is 170 Å². The monoisotopic (exact) mass is 362 g/mol. The molecular weight excluding hydrogens is 331 g/mol. The first-order valence-corrected chi connectivity index (χ1v) is 10.5. The molecule has 0 unspecified atom stereocenters. The van der Waals surface area contributed by atoms with Crippen LogP contribution in [0.3, 0.4) is 0 Å². The third kappa shape index (κ3) is 11.6. The van der Waals surface area contributed by atoms with Crippen LogP contribution in [0, 0.1) is 0 Å². The summed E-state index contributed by atoms with van der Waals surface area (Å²) in [6.07, 6.45) is 15.1. The molecule has 0 N–H and O–H groups in total. The molecule has 0 aliphatic carbocycles. The molecule has 0 atom stereocenters. The van der Waals surface area contributed by atoms with Crippen LogP contribution in [0.5, 0.6) is 0 Å². The standard InChI is InChI=1S/C19H32O3S.Na/c1-2-3-4-5-6-7-8-9-10-11-12-14-18-15-13-16-19(17-18)23(20,21)22;/h13,15-17H,2-12,14H2,1H3,(H,20,21,22);/q;+1/p-1. The van der Waals surface area contributed by atoms with Crippen molar-refractivity contribution in [3.05, 3.63) is 29.8 Å². The van der Waals surface area contributed by atoms with Crippen LogP contribution in [0.4, 0.5) is 0 Å². The van der Waals surface area contributed by atoms with E-state index >= 15 is 0 Å². The van der Waals surface area contributed by atoms with E-state index in [2.05, 4.69) is 6.92 Å². The van der Waals surface area contributed by atoms with Crippen molar-refractivity contribution in [2.45, 2.75) is 88.9 Å². The Kier molecular flexibility index (Phi) is 14.4. The van der Waals surface area contributed by atoms with Gasteiger partial charge in [0.05, 0.1) is 4.90 Å². The zero-order chi connectivity index (χ0) is 17.0. The molecule has 0 heterocycles. The fourth-order valence-corrected chi connectivity index (χ4v) is 3.39. The van der Waals surface area contributed by atoms with Crippen molar-refractivity contribution >= 4 is 10.1 Å². The molecule has 1 aromatic rings. The Morgan fingerprint density at radius 3 is 1.83 bits per heavy atom. The topological polar surface area (TPSA) is 57.2 Å². The van der Waals surface area contributed by atoms with Crippen LogP contribution in [-0.2, 0) is 16.5 Å². The molecule has 132 valence electrons. The molecule has 5 heteroatoms. The van der Waals surface area contributed by atoms with Gasteiger partial charge in [0.25, 0.3) is 0 Å². The Hall–Kier alpha value is 0.130. The molecule has 0 amide bonds. The summed E-state index contributed by atoms with van der Waals surface area (Å²) >= 11 is 0. The van der Waals surface area contributed by atoms with E-state index in [4.69, 9.17) is 0 Å². The predicted molar refractivity (Wildman–Crippen MR) is 94.6 cm³/mol. The van der Waals surface area contributed by atoms with E-state index in [1.807, 2.05) is 6.07 Å². The first-order chi connectivity index (χ1) is 11.0. The summed E-state index contributed by atoms with van der Waals surface area (Å²) in [5.41, 5.74) is 0.942. The van der Waals surface area contributed by atoms with Crippen LogP contribution >= 0.6 is 0 Å². The van der Waals surface area contributed by atoms with Crippen LogP contribution in [0.25, 0.3) is 0 Å². The molecule has 0 saturated heterocycles. The van der Waals surface area contributed by atoms with Gasteiger partial charge in [-0.15, -0.1) is 0 Å². The summed E-state index contributed by atoms with van der Waals surface area (Å²) in [6.45, 7) is 2.25. The first-order valence-electron chi connectivity index (χ1n) is 9.09. The second-order valence-electron chi connectivity index (χ2n) is 6.39. The zero-order valence-electron chi connectivity index (χ0n) is 15.4. The van der Waals surface area contributed by atoms with Crippen molar-refractivity contribution in [1.82, 2.24) is 0 Å². The van der Waals surface area contributed by atoms with E-state index in [0.717, 1.165) is 18.4 Å². The second-order valence-corrected chi connectivity index (χ2v) is 7.77. The van der Waals surface area contributed by atoms with Gasteiger partial charge in [-0.25, -0.2) is 8.42 Å². The normalized spacial score (nSPS) is 11.2. The van der Waals surface area contributed by atoms with Crippen molar-refractivity contribution in [3.63, 3.8) is 0 Å². The molecule has 0 aliphatic heterocycles. The van der Waals surface area contributed by atoms with Gasteiger partial charge < -0.3 is 4.55 Å². The number of hydrogen-bond donors (Lipinski definition) is 0. The van der Waals surface area contributed by atoms with Crippen LogP contribution < -0.4 is 29.6 Å². The number of hydrogen-bond acceptors (Lipinski definition) is 3. The van der Waals surface area contributed by atoms with Gasteiger partial charge in [-0.1, -0.05) is 83.3 Å². The summed E-state index contributed by atoms with van der Waals surface area (Å²) in [5.74, 6) is 0. The van der Waals surface area contributed by atoms with Gasteiger partial charge in [0, 0.05) is 0 Å². The van der Waals surface area contributed by atoms with E-state index in [9.17, 15) is 13.0 Å². The SMILES string of the molecule is CCCCCCCCCCCCCc1cccc(S(=O)(=O)[O-])c1.[Na+]. The minimum atomic E-state index is -4.33. The fourth-order valence-electron chi connectivity index (χ4n) is 2.85. The van der Waals surface area contributed by atoms with Crippen molar-refractivity contribution < 1.29 is 42.5 Å². The minimum Gasteiger partial charge on any atom is -0.744 e. The summed E-state index contributed by atoms with van der Waals surface area (Å²) in [4.78, 5) is -0.113. The van der Waals surface area contributed by atoms with Gasteiger partial charge >= 0.3 is 29.6 Å². The molecule has 1 aromatic carbocycles. The molecule has 24 heavy (non-hydrogen) atoms. The first kappa shape index (κ1) is 24.1. The van der Waals surface area contributed by atoms with Crippen molar-refractivity contribution in [2.24, 2.45) is 0 Å². The molecule has 0 radical (unpaired) electrons. The van der Waals surface area contributed by atoms with E-state index in [1.165, 1.54) is 76.3 Å². The predicted octanol–water partition coefficient (Wildman–Crippen LogP) is 2.45. The molecule has 0 fully saturated rings. The Bertz CT molecular complexity index is 529. The van der Waals surface area contributed by atoms with Gasteiger partial charge in [-0.2, -0.15) is 0 Å². The van der Waals surface area contributed by atoms with Crippen LogP contribution in [-0.4, -0.2) is 13.0 Å². The number of aryl methyl sites for hydroxylation is 1. The summed E-state index contributed by atoms with van der Waals surface area (Å²) in [7, 11) is -4.33. The zero-order valence-corrected chi connectivity index (χ0v) is 18.2. The molecule has 0 bridgehead atoms. The minimum absolute atomic E-state index is 0. The molecule has 0 aliphatic rings. The summed E-state index contributed by atoms with van der Waals surface area (Å²) < 4.78 is 33.0. The van der Waals surface area contributed by atoms with Crippen LogP contribution in [0.15, 0.2) is 29.2 Å². The maximum absolute atomic E-state index is 11.0. The third-order valence-corrected chi connectivity index (χ3v) is 5.09. The average Bonchev–Trinajstić information content (AvgIpc) is 2.52. The molecular formula is C19H31NaO3S. The summed E-state index contributed by atoms with van der Waals surface area (Å²) in [5, 5.41) is 0. The molecule has 1 rings (SSSR count). The molecule has 0 aromatic heterocycles. The van der Waals surface area contributed by atoms with E-state index < -0.39 is 10.1 Å². The maximum atomic E-state index is 11.0. The van der Waals surface area contributed by atoms with Gasteiger partial charge in [0.15, 0.2) is 0 Å². The average molecular weight is 363 g/mol. The molecule has 0 spiro atoms. The van der Waals surface area contributed by atoms with Crippen LogP contribution in [0.2, 0.25) is 0 Å². The van der Waals surface area contributed by atoms with E-state index in [0.29, 0.717) is 0 Å². The third-order valence-electron chi connectivity index (χ3n) is 4.26. The molecule has 0 saturated carbocycles. The van der Waals surface area contributed by atoms with Gasteiger partial charge in [0.2, 0.25) is 0 Å². The second kappa shape index (κ2) is 14.3. The number of unbranched alkanes of at least 4 members (excludes halogenated alkanes) is 10. The van der Waals surface area contributed by atoms with Gasteiger partial charge in [-0.05, 0) is 30.5 Å². The smallest absolute Gasteiger partial charge is 0.744 e. The largest absolute Gasteiger partial charge is 1.00 e. The number of rotatable bonds is 13. The van der Waals surface area contributed by atoms with Crippen LogP contribution in [0.1, 0.15) is 83.1 Å². The fraction of sp³-hybridized carbons (Fsp3) is 0.684. The van der Waals surface area contributed by atoms with Crippen molar-refractivity contribution in [2.75, 3.05) is 0 Å². The van der Waals surface area contributed by atoms with E-state index in [1.54, 1.807) is 6.07 Å².